The lowest BCUT2D eigenvalue weighted by atomic mass is 9.96. The van der Waals surface area contributed by atoms with Gasteiger partial charge in [-0.05, 0) is 30.7 Å². The van der Waals surface area contributed by atoms with Crippen molar-refractivity contribution in [1.82, 2.24) is 0 Å². The Bertz CT molecular complexity index is 752. The van der Waals surface area contributed by atoms with Gasteiger partial charge in [0.15, 0.2) is 5.78 Å². The summed E-state index contributed by atoms with van der Waals surface area (Å²) in [7, 11) is 1.55. The highest BCUT2D eigenvalue weighted by atomic mass is 16.5. The molecule has 0 atom stereocenters. The van der Waals surface area contributed by atoms with Crippen LogP contribution in [0.5, 0.6) is 5.75 Å². The van der Waals surface area contributed by atoms with E-state index >= 15 is 0 Å². The fraction of sp³-hybridized carbons (Fsp3) is 0.222. The molecular formula is C18H17NO3. The minimum Gasteiger partial charge on any atom is -0.496 e. The molecule has 0 unspecified atom stereocenters. The number of ether oxygens (including phenoxy) is 1. The normalized spacial score (nSPS) is 13.7. The molecule has 1 aliphatic rings. The number of ketones is 1. The van der Waals surface area contributed by atoms with Crippen LogP contribution >= 0.6 is 0 Å². The van der Waals surface area contributed by atoms with E-state index < -0.39 is 0 Å². The number of Topliss-reactive ketones (excluding diaryl/α,β-unsaturated/α-hetero) is 1. The standard InChI is InChI=1S/C18H17NO3/c1-12-6-5-8-13-15(20)10-11-19(17(12)13)18(21)14-7-3-4-9-16(14)22-2/h3-9H,10-11H2,1-2H3. The molecule has 0 aromatic heterocycles. The molecule has 0 saturated heterocycles. The van der Waals surface area contributed by atoms with Crippen LogP contribution in [0.15, 0.2) is 42.5 Å². The van der Waals surface area contributed by atoms with E-state index in [0.29, 0.717) is 29.8 Å². The smallest absolute Gasteiger partial charge is 0.262 e. The third kappa shape index (κ3) is 2.26. The van der Waals surface area contributed by atoms with Gasteiger partial charge in [0.2, 0.25) is 0 Å². The topological polar surface area (TPSA) is 46.6 Å². The first-order chi connectivity index (χ1) is 10.6. The van der Waals surface area contributed by atoms with Crippen molar-refractivity contribution in [3.8, 4) is 5.75 Å². The molecule has 0 spiro atoms. The van der Waals surface area contributed by atoms with Crippen LogP contribution in [0.1, 0.15) is 32.7 Å². The van der Waals surface area contributed by atoms with Gasteiger partial charge in [-0.3, -0.25) is 9.59 Å². The van der Waals surface area contributed by atoms with Crippen LogP contribution in [0.2, 0.25) is 0 Å². The molecule has 0 fully saturated rings. The Morgan fingerprint density at radius 3 is 2.68 bits per heavy atom. The number of hydrogen-bond acceptors (Lipinski definition) is 3. The molecule has 0 saturated carbocycles. The van der Waals surface area contributed by atoms with Crippen LogP contribution in [-0.4, -0.2) is 25.3 Å². The van der Waals surface area contributed by atoms with E-state index in [0.717, 1.165) is 11.3 Å². The molecule has 112 valence electrons. The van der Waals surface area contributed by atoms with Crippen LogP contribution in [0.25, 0.3) is 0 Å². The number of nitrogens with zero attached hydrogens (tertiary/aromatic N) is 1. The summed E-state index contributed by atoms with van der Waals surface area (Å²) in [6.45, 7) is 2.31. The molecule has 1 aliphatic heterocycles. The minimum absolute atomic E-state index is 0.0859. The van der Waals surface area contributed by atoms with Gasteiger partial charge in [-0.2, -0.15) is 0 Å². The number of para-hydroxylation sites is 2. The van der Waals surface area contributed by atoms with E-state index in [9.17, 15) is 9.59 Å². The maximum Gasteiger partial charge on any atom is 0.262 e. The molecule has 0 aliphatic carbocycles. The van der Waals surface area contributed by atoms with Crippen LogP contribution in [-0.2, 0) is 0 Å². The van der Waals surface area contributed by atoms with Gasteiger partial charge in [-0.25, -0.2) is 0 Å². The fourth-order valence-electron chi connectivity index (χ4n) is 2.87. The number of carbonyl (C=O) groups is 2. The Morgan fingerprint density at radius 1 is 1.14 bits per heavy atom. The van der Waals surface area contributed by atoms with E-state index in [1.165, 1.54) is 0 Å². The minimum atomic E-state index is -0.138. The maximum absolute atomic E-state index is 12.9. The summed E-state index contributed by atoms with van der Waals surface area (Å²) in [5.41, 5.74) is 2.77. The second-order valence-electron chi connectivity index (χ2n) is 5.30. The zero-order valence-corrected chi connectivity index (χ0v) is 12.6. The lowest BCUT2D eigenvalue weighted by molar-refractivity contribution is 0.0953. The summed E-state index contributed by atoms with van der Waals surface area (Å²) in [6.07, 6.45) is 0.345. The quantitative estimate of drug-likeness (QED) is 0.854. The van der Waals surface area contributed by atoms with Crippen molar-refractivity contribution in [3.63, 3.8) is 0 Å². The van der Waals surface area contributed by atoms with Gasteiger partial charge in [0.25, 0.3) is 5.91 Å². The predicted molar refractivity (Wildman–Crippen MR) is 84.8 cm³/mol. The van der Waals surface area contributed by atoms with E-state index in [-0.39, 0.29) is 11.7 Å². The number of benzene rings is 2. The summed E-state index contributed by atoms with van der Waals surface area (Å²) in [6, 6.07) is 12.7. The Kier molecular flexibility index (Phi) is 3.67. The van der Waals surface area contributed by atoms with Gasteiger partial charge >= 0.3 is 0 Å². The first kappa shape index (κ1) is 14.3. The van der Waals surface area contributed by atoms with Gasteiger partial charge in [-0.15, -0.1) is 0 Å². The van der Waals surface area contributed by atoms with E-state index in [1.807, 2.05) is 31.2 Å². The highest BCUT2D eigenvalue weighted by Gasteiger charge is 2.30. The average molecular weight is 295 g/mol. The first-order valence-corrected chi connectivity index (χ1v) is 7.21. The van der Waals surface area contributed by atoms with Crippen molar-refractivity contribution in [2.45, 2.75) is 13.3 Å². The molecule has 0 bridgehead atoms. The van der Waals surface area contributed by atoms with Gasteiger partial charge in [0.1, 0.15) is 5.75 Å². The first-order valence-electron chi connectivity index (χ1n) is 7.21. The Labute approximate surface area is 129 Å². The average Bonchev–Trinajstić information content (AvgIpc) is 2.55. The third-order valence-electron chi connectivity index (χ3n) is 3.95. The summed E-state index contributed by atoms with van der Waals surface area (Å²) >= 11 is 0. The molecule has 4 heteroatoms. The van der Waals surface area contributed by atoms with Crippen molar-refractivity contribution < 1.29 is 14.3 Å². The summed E-state index contributed by atoms with van der Waals surface area (Å²) in [4.78, 5) is 26.7. The summed E-state index contributed by atoms with van der Waals surface area (Å²) in [5, 5.41) is 0. The zero-order valence-electron chi connectivity index (χ0n) is 12.6. The van der Waals surface area contributed by atoms with Gasteiger partial charge in [0, 0.05) is 18.5 Å². The van der Waals surface area contributed by atoms with Gasteiger partial charge in [-0.1, -0.05) is 24.3 Å². The number of hydrogen-bond donors (Lipinski definition) is 0. The highest BCUT2D eigenvalue weighted by Crippen LogP contribution is 2.32. The molecule has 2 aromatic carbocycles. The summed E-state index contributed by atoms with van der Waals surface area (Å²) in [5.74, 6) is 0.489. The number of carbonyl (C=O) groups excluding carboxylic acids is 2. The maximum atomic E-state index is 12.9. The fourth-order valence-corrected chi connectivity index (χ4v) is 2.87. The molecular weight excluding hydrogens is 278 g/mol. The molecule has 4 nitrogen and oxygen atoms in total. The Hall–Kier alpha value is -2.62. The molecule has 1 amide bonds. The monoisotopic (exact) mass is 295 g/mol. The highest BCUT2D eigenvalue weighted by molar-refractivity contribution is 6.14. The Morgan fingerprint density at radius 2 is 1.91 bits per heavy atom. The lowest BCUT2D eigenvalue weighted by Crippen LogP contribution is -2.38. The van der Waals surface area contributed by atoms with Crippen molar-refractivity contribution >= 4 is 17.4 Å². The van der Waals surface area contributed by atoms with Gasteiger partial charge < -0.3 is 9.64 Å². The van der Waals surface area contributed by atoms with E-state index in [4.69, 9.17) is 4.74 Å². The Balaban J connectivity index is 2.09. The van der Waals surface area contributed by atoms with Crippen molar-refractivity contribution in [2.24, 2.45) is 0 Å². The zero-order chi connectivity index (χ0) is 15.7. The van der Waals surface area contributed by atoms with Crippen LogP contribution in [0.3, 0.4) is 0 Å². The second kappa shape index (κ2) is 5.64. The molecule has 1 heterocycles. The van der Waals surface area contributed by atoms with E-state index in [1.54, 1.807) is 30.2 Å². The molecule has 3 rings (SSSR count). The molecule has 22 heavy (non-hydrogen) atoms. The number of anilines is 1. The van der Waals surface area contributed by atoms with E-state index in [2.05, 4.69) is 0 Å². The lowest BCUT2D eigenvalue weighted by Gasteiger charge is -2.30. The molecule has 0 radical (unpaired) electrons. The van der Waals surface area contributed by atoms with Crippen molar-refractivity contribution in [1.29, 1.82) is 0 Å². The van der Waals surface area contributed by atoms with Gasteiger partial charge in [0.05, 0.1) is 18.4 Å². The molecule has 2 aromatic rings. The number of fused-ring (bicyclic) bond motifs is 1. The number of amides is 1. The SMILES string of the molecule is COc1ccccc1C(=O)N1CCC(=O)c2cccc(C)c21. The summed E-state index contributed by atoms with van der Waals surface area (Å²) < 4.78 is 5.28. The van der Waals surface area contributed by atoms with Crippen LogP contribution in [0.4, 0.5) is 5.69 Å². The number of rotatable bonds is 2. The predicted octanol–water partition coefficient (Wildman–Crippen LogP) is 3.24. The second-order valence-corrected chi connectivity index (χ2v) is 5.30. The van der Waals surface area contributed by atoms with Crippen molar-refractivity contribution in [2.75, 3.05) is 18.6 Å². The van der Waals surface area contributed by atoms with Crippen LogP contribution in [0, 0.1) is 6.92 Å². The number of aryl methyl sites for hydroxylation is 1. The number of methoxy groups -OCH3 is 1. The third-order valence-corrected chi connectivity index (χ3v) is 3.95. The molecule has 0 N–H and O–H groups in total. The largest absolute Gasteiger partial charge is 0.496 e. The van der Waals surface area contributed by atoms with Crippen molar-refractivity contribution in [3.05, 3.63) is 59.2 Å². The van der Waals surface area contributed by atoms with Crippen LogP contribution < -0.4 is 9.64 Å².